The van der Waals surface area contributed by atoms with E-state index in [-0.39, 0.29) is 11.9 Å². The number of rotatable bonds is 4. The van der Waals surface area contributed by atoms with Crippen LogP contribution in [0.3, 0.4) is 0 Å². The molecule has 0 heterocycles. The minimum Gasteiger partial charge on any atom is -0.295 e. The fourth-order valence-electron chi connectivity index (χ4n) is 2.06. The van der Waals surface area contributed by atoms with Crippen LogP contribution in [0.5, 0.6) is 0 Å². The maximum absolute atomic E-state index is 13.6. The van der Waals surface area contributed by atoms with Gasteiger partial charge in [-0.15, -0.1) is 0 Å². The number of halogens is 2. The summed E-state index contributed by atoms with van der Waals surface area (Å²) in [5.41, 5.74) is 1.53. The zero-order valence-corrected chi connectivity index (χ0v) is 11.1. The van der Waals surface area contributed by atoms with Gasteiger partial charge in [-0.1, -0.05) is 30.3 Å². The topological polar surface area (TPSA) is 3.24 Å². The first-order valence-corrected chi connectivity index (χ1v) is 6.27. The van der Waals surface area contributed by atoms with Gasteiger partial charge < -0.3 is 0 Å². The lowest BCUT2D eigenvalue weighted by Gasteiger charge is -2.25. The molecule has 0 fully saturated rings. The minimum absolute atomic E-state index is 0.142. The summed E-state index contributed by atoms with van der Waals surface area (Å²) in [6, 6.07) is 13.7. The van der Waals surface area contributed by atoms with Crippen molar-refractivity contribution >= 4 is 0 Å². The molecule has 0 radical (unpaired) electrons. The molecule has 2 rings (SSSR count). The van der Waals surface area contributed by atoms with Gasteiger partial charge in [0.2, 0.25) is 0 Å². The second kappa shape index (κ2) is 5.93. The lowest BCUT2D eigenvalue weighted by molar-refractivity contribution is 0.249. The molecule has 0 aromatic heterocycles. The van der Waals surface area contributed by atoms with Crippen molar-refractivity contribution in [1.29, 1.82) is 0 Å². The Morgan fingerprint density at radius 3 is 2.42 bits per heavy atom. The molecule has 1 atom stereocenters. The summed E-state index contributed by atoms with van der Waals surface area (Å²) in [4.78, 5) is 1.99. The second-order valence-electron chi connectivity index (χ2n) is 4.74. The van der Waals surface area contributed by atoms with Gasteiger partial charge in [-0.25, -0.2) is 8.78 Å². The molecule has 1 unspecified atom stereocenters. The summed E-state index contributed by atoms with van der Waals surface area (Å²) in [5.74, 6) is -0.773. The zero-order chi connectivity index (χ0) is 13.8. The van der Waals surface area contributed by atoms with Gasteiger partial charge >= 0.3 is 0 Å². The first-order chi connectivity index (χ1) is 9.08. The van der Waals surface area contributed by atoms with Crippen LogP contribution in [-0.2, 0) is 6.54 Å². The van der Waals surface area contributed by atoms with E-state index in [1.807, 2.05) is 49.2 Å². The van der Waals surface area contributed by atoms with Crippen molar-refractivity contribution in [3.63, 3.8) is 0 Å². The molecule has 3 heteroatoms. The summed E-state index contributed by atoms with van der Waals surface area (Å²) in [6.45, 7) is 2.42. The van der Waals surface area contributed by atoms with Crippen LogP contribution in [0.1, 0.15) is 24.1 Å². The third-order valence-corrected chi connectivity index (χ3v) is 3.37. The van der Waals surface area contributed by atoms with Crippen molar-refractivity contribution in [2.24, 2.45) is 0 Å². The fraction of sp³-hybridized carbons (Fsp3) is 0.250. The monoisotopic (exact) mass is 261 g/mol. The highest BCUT2D eigenvalue weighted by Gasteiger charge is 2.14. The first kappa shape index (κ1) is 13.7. The molecule has 0 N–H and O–H groups in total. The molecule has 0 aliphatic carbocycles. The van der Waals surface area contributed by atoms with Crippen molar-refractivity contribution in [3.8, 4) is 0 Å². The van der Waals surface area contributed by atoms with Gasteiger partial charge in [-0.2, -0.15) is 0 Å². The SMILES string of the molecule is CC(c1ccccc1)N(C)Cc1cc(F)ccc1F. The standard InChI is InChI=1S/C16H17F2N/c1-12(13-6-4-3-5-7-13)19(2)11-14-10-15(17)8-9-16(14)18/h3-10,12H,11H2,1-2H3. The predicted octanol–water partition coefficient (Wildman–Crippen LogP) is 4.16. The second-order valence-corrected chi connectivity index (χ2v) is 4.74. The molecule has 0 saturated heterocycles. The van der Waals surface area contributed by atoms with Crippen molar-refractivity contribution in [2.45, 2.75) is 19.5 Å². The van der Waals surface area contributed by atoms with Crippen LogP contribution in [0.25, 0.3) is 0 Å². The van der Waals surface area contributed by atoms with Crippen molar-refractivity contribution < 1.29 is 8.78 Å². The molecule has 19 heavy (non-hydrogen) atoms. The Hall–Kier alpha value is -1.74. The van der Waals surface area contributed by atoms with E-state index in [4.69, 9.17) is 0 Å². The Labute approximate surface area is 112 Å². The Kier molecular flexibility index (Phi) is 4.27. The van der Waals surface area contributed by atoms with Gasteiger partial charge in [0.25, 0.3) is 0 Å². The summed E-state index contributed by atoms with van der Waals surface area (Å²) in [7, 11) is 1.90. The first-order valence-electron chi connectivity index (χ1n) is 6.27. The largest absolute Gasteiger partial charge is 0.295 e. The highest BCUT2D eigenvalue weighted by atomic mass is 19.1. The minimum atomic E-state index is -0.405. The third-order valence-electron chi connectivity index (χ3n) is 3.37. The molecule has 0 bridgehead atoms. The van der Waals surface area contributed by atoms with Crippen LogP contribution in [0.2, 0.25) is 0 Å². The fourth-order valence-corrected chi connectivity index (χ4v) is 2.06. The molecule has 0 aliphatic heterocycles. The molecular weight excluding hydrogens is 244 g/mol. The van der Waals surface area contributed by atoms with Gasteiger partial charge in [0, 0.05) is 18.2 Å². The van der Waals surface area contributed by atoms with Crippen LogP contribution in [0.15, 0.2) is 48.5 Å². The normalized spacial score (nSPS) is 12.7. The summed E-state index contributed by atoms with van der Waals surface area (Å²) in [5, 5.41) is 0. The average molecular weight is 261 g/mol. The molecule has 0 spiro atoms. The third kappa shape index (κ3) is 3.38. The van der Waals surface area contributed by atoms with Crippen molar-refractivity contribution in [2.75, 3.05) is 7.05 Å². The molecule has 2 aromatic carbocycles. The van der Waals surface area contributed by atoms with E-state index in [0.717, 1.165) is 11.6 Å². The lowest BCUT2D eigenvalue weighted by atomic mass is 10.1. The van der Waals surface area contributed by atoms with Gasteiger partial charge in [-0.3, -0.25) is 4.90 Å². The number of nitrogens with zero attached hydrogens (tertiary/aromatic N) is 1. The number of benzene rings is 2. The van der Waals surface area contributed by atoms with E-state index in [0.29, 0.717) is 12.1 Å². The van der Waals surface area contributed by atoms with Crippen molar-refractivity contribution in [1.82, 2.24) is 4.90 Å². The summed E-state index contributed by atoms with van der Waals surface area (Å²) in [6.07, 6.45) is 0. The Morgan fingerprint density at radius 1 is 1.05 bits per heavy atom. The van der Waals surface area contributed by atoms with Crippen LogP contribution in [-0.4, -0.2) is 11.9 Å². The highest BCUT2D eigenvalue weighted by Crippen LogP contribution is 2.21. The van der Waals surface area contributed by atoms with E-state index >= 15 is 0 Å². The predicted molar refractivity (Wildman–Crippen MR) is 72.7 cm³/mol. The van der Waals surface area contributed by atoms with E-state index in [2.05, 4.69) is 0 Å². The summed E-state index contributed by atoms with van der Waals surface area (Å²) >= 11 is 0. The maximum atomic E-state index is 13.6. The van der Waals surface area contributed by atoms with E-state index in [1.54, 1.807) is 0 Å². The van der Waals surface area contributed by atoms with Gasteiger partial charge in [0.05, 0.1) is 0 Å². The van der Waals surface area contributed by atoms with Gasteiger partial charge in [0.15, 0.2) is 0 Å². The van der Waals surface area contributed by atoms with E-state index in [9.17, 15) is 8.78 Å². The van der Waals surface area contributed by atoms with Gasteiger partial charge in [-0.05, 0) is 37.7 Å². The average Bonchev–Trinajstić information content (AvgIpc) is 2.43. The van der Waals surface area contributed by atoms with Crippen LogP contribution >= 0.6 is 0 Å². The Morgan fingerprint density at radius 2 is 1.74 bits per heavy atom. The smallest absolute Gasteiger partial charge is 0.127 e. The lowest BCUT2D eigenvalue weighted by Crippen LogP contribution is -2.22. The molecule has 0 saturated carbocycles. The zero-order valence-electron chi connectivity index (χ0n) is 11.1. The molecule has 0 aliphatic rings. The molecule has 100 valence electrons. The molecule has 2 aromatic rings. The molecule has 0 amide bonds. The Balaban J connectivity index is 2.12. The van der Waals surface area contributed by atoms with Crippen molar-refractivity contribution in [3.05, 3.63) is 71.3 Å². The quantitative estimate of drug-likeness (QED) is 0.799. The van der Waals surface area contributed by atoms with Crippen LogP contribution in [0.4, 0.5) is 8.78 Å². The maximum Gasteiger partial charge on any atom is 0.127 e. The van der Waals surface area contributed by atoms with E-state index < -0.39 is 5.82 Å². The molecule has 1 nitrogen and oxygen atoms in total. The molecular formula is C16H17F2N. The number of hydrogen-bond donors (Lipinski definition) is 0. The number of hydrogen-bond acceptors (Lipinski definition) is 1. The highest BCUT2D eigenvalue weighted by molar-refractivity contribution is 5.21. The summed E-state index contributed by atoms with van der Waals surface area (Å²) < 4.78 is 26.7. The van der Waals surface area contributed by atoms with E-state index in [1.165, 1.54) is 12.1 Å². The van der Waals surface area contributed by atoms with Crippen LogP contribution < -0.4 is 0 Å². The Bertz CT molecular complexity index is 540. The van der Waals surface area contributed by atoms with Crippen LogP contribution in [0, 0.1) is 11.6 Å². The van der Waals surface area contributed by atoms with Gasteiger partial charge in [0.1, 0.15) is 11.6 Å².